The van der Waals surface area contributed by atoms with Crippen molar-refractivity contribution < 1.29 is 23.7 Å². The topological polar surface area (TPSA) is 66.0 Å². The number of rotatable bonds is 11. The van der Waals surface area contributed by atoms with Gasteiger partial charge in [0.25, 0.3) is 5.91 Å². The van der Waals surface area contributed by atoms with Gasteiger partial charge in [0.1, 0.15) is 11.5 Å². The number of carbonyl (C=O) groups is 1. The highest BCUT2D eigenvalue weighted by atomic mass is 16.5. The predicted octanol–water partition coefficient (Wildman–Crippen LogP) is 3.97. The number of benzene rings is 2. The first-order chi connectivity index (χ1) is 13.6. The quantitative estimate of drug-likeness (QED) is 0.632. The molecule has 0 saturated carbocycles. The van der Waals surface area contributed by atoms with Crippen molar-refractivity contribution in [1.82, 2.24) is 5.32 Å². The summed E-state index contributed by atoms with van der Waals surface area (Å²) >= 11 is 0. The van der Waals surface area contributed by atoms with Crippen molar-refractivity contribution in [3.8, 4) is 23.0 Å². The Hall–Kier alpha value is -2.89. The average molecular weight is 387 g/mol. The van der Waals surface area contributed by atoms with Crippen LogP contribution in [0.15, 0.2) is 42.5 Å². The van der Waals surface area contributed by atoms with Gasteiger partial charge in [-0.05, 0) is 50.1 Å². The summed E-state index contributed by atoms with van der Waals surface area (Å²) in [5.74, 6) is 2.49. The minimum absolute atomic E-state index is 0.169. The summed E-state index contributed by atoms with van der Waals surface area (Å²) in [6.07, 6.45) is -0.0302. The number of nitrogens with one attached hydrogen (secondary N) is 1. The van der Waals surface area contributed by atoms with Gasteiger partial charge in [0.05, 0.1) is 20.3 Å². The van der Waals surface area contributed by atoms with Gasteiger partial charge in [0.2, 0.25) is 0 Å². The van der Waals surface area contributed by atoms with E-state index in [4.69, 9.17) is 18.9 Å². The summed E-state index contributed by atoms with van der Waals surface area (Å²) in [4.78, 5) is 12.6. The second-order valence-corrected chi connectivity index (χ2v) is 6.06. The first-order valence-electron chi connectivity index (χ1n) is 9.58. The zero-order valence-corrected chi connectivity index (χ0v) is 17.0. The molecule has 2 aromatic carbocycles. The van der Waals surface area contributed by atoms with Crippen molar-refractivity contribution in [2.75, 3.05) is 20.3 Å². The highest BCUT2D eigenvalue weighted by Gasteiger charge is 2.18. The second kappa shape index (κ2) is 11.1. The van der Waals surface area contributed by atoms with E-state index >= 15 is 0 Å². The third-order valence-electron chi connectivity index (χ3n) is 4.06. The molecule has 0 aliphatic heterocycles. The van der Waals surface area contributed by atoms with Crippen LogP contribution in [0, 0.1) is 0 Å². The normalized spacial score (nSPS) is 11.4. The number of ether oxygens (including phenoxy) is 4. The number of hydrogen-bond acceptors (Lipinski definition) is 5. The van der Waals surface area contributed by atoms with Crippen LogP contribution in [0.5, 0.6) is 23.0 Å². The van der Waals surface area contributed by atoms with Crippen molar-refractivity contribution in [2.45, 2.75) is 39.8 Å². The molecule has 6 heteroatoms. The summed E-state index contributed by atoms with van der Waals surface area (Å²) in [5.41, 5.74) is 0.927. The fraction of sp³-hybridized carbons (Fsp3) is 0.409. The molecule has 0 heterocycles. The van der Waals surface area contributed by atoms with Gasteiger partial charge in [-0.15, -0.1) is 0 Å². The molecule has 1 atom stereocenters. The fourth-order valence-corrected chi connectivity index (χ4v) is 2.67. The molecule has 0 fully saturated rings. The first kappa shape index (κ1) is 21.4. The molecular formula is C22H29NO5. The van der Waals surface area contributed by atoms with Crippen LogP contribution in [0.1, 0.15) is 32.8 Å². The van der Waals surface area contributed by atoms with Crippen LogP contribution < -0.4 is 24.3 Å². The fourth-order valence-electron chi connectivity index (χ4n) is 2.67. The van der Waals surface area contributed by atoms with Crippen molar-refractivity contribution in [3.05, 3.63) is 48.0 Å². The van der Waals surface area contributed by atoms with Gasteiger partial charge in [-0.1, -0.05) is 19.1 Å². The molecule has 0 radical (unpaired) electrons. The number of hydrogen-bond donors (Lipinski definition) is 1. The first-order valence-corrected chi connectivity index (χ1v) is 9.58. The largest absolute Gasteiger partial charge is 0.497 e. The van der Waals surface area contributed by atoms with E-state index < -0.39 is 6.10 Å². The molecule has 1 unspecified atom stereocenters. The number of carbonyl (C=O) groups excluding carboxylic acids is 1. The van der Waals surface area contributed by atoms with Crippen LogP contribution in [0.25, 0.3) is 0 Å². The molecule has 0 aliphatic rings. The van der Waals surface area contributed by atoms with Crippen LogP contribution in [0.2, 0.25) is 0 Å². The number of methoxy groups -OCH3 is 1. The Balaban J connectivity index is 1.99. The molecule has 2 rings (SSSR count). The highest BCUT2D eigenvalue weighted by molar-refractivity contribution is 5.81. The Morgan fingerprint density at radius 3 is 2.36 bits per heavy atom. The lowest BCUT2D eigenvalue weighted by molar-refractivity contribution is -0.128. The van der Waals surface area contributed by atoms with Crippen molar-refractivity contribution >= 4 is 5.91 Å². The van der Waals surface area contributed by atoms with Gasteiger partial charge in [0, 0.05) is 12.6 Å². The van der Waals surface area contributed by atoms with Crippen molar-refractivity contribution in [2.24, 2.45) is 0 Å². The monoisotopic (exact) mass is 387 g/mol. The second-order valence-electron chi connectivity index (χ2n) is 6.06. The molecule has 1 N–H and O–H groups in total. The summed E-state index contributed by atoms with van der Waals surface area (Å²) in [7, 11) is 1.59. The van der Waals surface area contributed by atoms with E-state index in [1.807, 2.05) is 51.1 Å². The molecule has 28 heavy (non-hydrogen) atoms. The van der Waals surface area contributed by atoms with Crippen LogP contribution >= 0.6 is 0 Å². The summed E-state index contributed by atoms with van der Waals surface area (Å²) < 4.78 is 22.2. The summed E-state index contributed by atoms with van der Waals surface area (Å²) in [5, 5.41) is 2.93. The maximum Gasteiger partial charge on any atom is 0.261 e. The van der Waals surface area contributed by atoms with Crippen LogP contribution in [0.4, 0.5) is 0 Å². The van der Waals surface area contributed by atoms with E-state index in [0.29, 0.717) is 49.2 Å². The van der Waals surface area contributed by atoms with Gasteiger partial charge >= 0.3 is 0 Å². The molecule has 0 spiro atoms. The Kier molecular flexibility index (Phi) is 8.46. The van der Waals surface area contributed by atoms with Gasteiger partial charge in [0.15, 0.2) is 17.6 Å². The molecule has 2 aromatic rings. The minimum Gasteiger partial charge on any atom is -0.497 e. The minimum atomic E-state index is -0.582. The highest BCUT2D eigenvalue weighted by Crippen LogP contribution is 2.28. The Morgan fingerprint density at radius 2 is 1.68 bits per heavy atom. The lowest BCUT2D eigenvalue weighted by atomic mass is 10.2. The van der Waals surface area contributed by atoms with Gasteiger partial charge in [-0.3, -0.25) is 4.79 Å². The smallest absolute Gasteiger partial charge is 0.261 e. The molecule has 0 bridgehead atoms. The third-order valence-corrected chi connectivity index (χ3v) is 4.06. The van der Waals surface area contributed by atoms with Crippen LogP contribution in [-0.2, 0) is 11.3 Å². The molecule has 1 amide bonds. The zero-order chi connectivity index (χ0) is 20.4. The van der Waals surface area contributed by atoms with E-state index in [-0.39, 0.29) is 5.91 Å². The lowest BCUT2D eigenvalue weighted by Crippen LogP contribution is -2.37. The zero-order valence-electron chi connectivity index (χ0n) is 17.0. The van der Waals surface area contributed by atoms with Gasteiger partial charge in [-0.2, -0.15) is 0 Å². The maximum absolute atomic E-state index is 12.6. The Morgan fingerprint density at radius 1 is 0.964 bits per heavy atom. The molecule has 6 nitrogen and oxygen atoms in total. The predicted molar refractivity (Wildman–Crippen MR) is 108 cm³/mol. The standard InChI is InChI=1S/C22H29NO5/c1-5-19(28-18-10-8-9-17(14-18)25-4)22(24)23-15-16-11-12-20(26-6-2)21(13-16)27-7-3/h8-14,19H,5-7,15H2,1-4H3,(H,23,24). The third kappa shape index (κ3) is 6.08. The maximum atomic E-state index is 12.6. The van der Waals surface area contributed by atoms with E-state index in [1.54, 1.807) is 19.2 Å². The average Bonchev–Trinajstić information content (AvgIpc) is 2.72. The van der Waals surface area contributed by atoms with Gasteiger partial charge < -0.3 is 24.3 Å². The lowest BCUT2D eigenvalue weighted by Gasteiger charge is -2.18. The van der Waals surface area contributed by atoms with E-state index in [1.165, 1.54) is 0 Å². The SMILES string of the molecule is CCOc1ccc(CNC(=O)C(CC)Oc2cccc(OC)c2)cc1OCC. The summed E-state index contributed by atoms with van der Waals surface area (Å²) in [6.45, 7) is 7.25. The van der Waals surface area contributed by atoms with E-state index in [2.05, 4.69) is 5.32 Å². The van der Waals surface area contributed by atoms with E-state index in [9.17, 15) is 4.79 Å². The van der Waals surface area contributed by atoms with Crippen molar-refractivity contribution in [1.29, 1.82) is 0 Å². The van der Waals surface area contributed by atoms with Crippen LogP contribution in [-0.4, -0.2) is 32.3 Å². The Bertz CT molecular complexity index is 762. The molecular weight excluding hydrogens is 358 g/mol. The molecule has 0 aromatic heterocycles. The molecule has 0 aliphatic carbocycles. The van der Waals surface area contributed by atoms with Crippen molar-refractivity contribution in [3.63, 3.8) is 0 Å². The number of amides is 1. The Labute approximate surface area is 166 Å². The molecule has 152 valence electrons. The van der Waals surface area contributed by atoms with Gasteiger partial charge in [-0.25, -0.2) is 0 Å². The van der Waals surface area contributed by atoms with Crippen LogP contribution in [0.3, 0.4) is 0 Å². The summed E-state index contributed by atoms with van der Waals surface area (Å²) in [6, 6.07) is 12.9. The van der Waals surface area contributed by atoms with E-state index in [0.717, 1.165) is 5.56 Å². The molecule has 0 saturated heterocycles.